The van der Waals surface area contributed by atoms with Crippen LogP contribution in [0.5, 0.6) is 11.6 Å². The summed E-state index contributed by atoms with van der Waals surface area (Å²) in [6.07, 6.45) is 1.75. The lowest BCUT2D eigenvalue weighted by Crippen LogP contribution is -2.13. The maximum Gasteiger partial charge on any atom is 0.213 e. The van der Waals surface area contributed by atoms with Gasteiger partial charge in [0.25, 0.3) is 0 Å². The number of halogens is 1. The Morgan fingerprint density at radius 1 is 1.10 bits per heavy atom. The zero-order valence-electron chi connectivity index (χ0n) is 11.5. The topological polar surface area (TPSA) is 43.4 Å². The van der Waals surface area contributed by atoms with Gasteiger partial charge in [0.15, 0.2) is 0 Å². The van der Waals surface area contributed by atoms with Gasteiger partial charge in [0.1, 0.15) is 5.75 Å². The number of hydrogen-bond donors (Lipinski definition) is 1. The van der Waals surface area contributed by atoms with E-state index < -0.39 is 0 Å². The Kier molecular flexibility index (Phi) is 5.38. The van der Waals surface area contributed by atoms with E-state index in [9.17, 15) is 0 Å². The molecule has 0 aliphatic carbocycles. The number of nitrogens with one attached hydrogen (secondary N) is 1. The zero-order valence-corrected chi connectivity index (χ0v) is 13.1. The number of aromatic nitrogens is 1. The Labute approximate surface area is 127 Å². The third-order valence-corrected chi connectivity index (χ3v) is 3.39. The van der Waals surface area contributed by atoms with Crippen LogP contribution in [0.15, 0.2) is 41.0 Å². The Bertz CT molecular complexity index is 576. The average molecular weight is 337 g/mol. The monoisotopic (exact) mass is 336 g/mol. The van der Waals surface area contributed by atoms with Crippen molar-refractivity contribution >= 4 is 15.9 Å². The van der Waals surface area contributed by atoms with Crippen LogP contribution in [-0.4, -0.2) is 19.2 Å². The summed E-state index contributed by atoms with van der Waals surface area (Å²) in [5, 5.41) is 3.39. The van der Waals surface area contributed by atoms with Gasteiger partial charge in [0, 0.05) is 35.4 Å². The highest BCUT2D eigenvalue weighted by molar-refractivity contribution is 9.10. The van der Waals surface area contributed by atoms with Crippen LogP contribution in [-0.2, 0) is 13.1 Å². The second-order valence-corrected chi connectivity index (χ2v) is 5.18. The van der Waals surface area contributed by atoms with Crippen LogP contribution in [0, 0.1) is 0 Å². The van der Waals surface area contributed by atoms with Crippen LogP contribution in [0.2, 0.25) is 0 Å². The van der Waals surface area contributed by atoms with Crippen molar-refractivity contribution in [1.82, 2.24) is 10.3 Å². The molecule has 0 aliphatic rings. The first-order valence-corrected chi connectivity index (χ1v) is 7.04. The predicted octanol–water partition coefficient (Wildman–Crippen LogP) is 3.15. The van der Waals surface area contributed by atoms with Gasteiger partial charge < -0.3 is 14.8 Å². The number of rotatable bonds is 6. The molecule has 0 spiro atoms. The molecule has 20 heavy (non-hydrogen) atoms. The first kappa shape index (κ1) is 14.8. The van der Waals surface area contributed by atoms with Crippen molar-refractivity contribution in [2.75, 3.05) is 14.2 Å². The van der Waals surface area contributed by atoms with Crippen molar-refractivity contribution in [2.24, 2.45) is 0 Å². The molecule has 0 amide bonds. The maximum absolute atomic E-state index is 5.35. The SMILES string of the molecule is COc1cc(CNCc2cc(Br)ccc2OC)ccn1. The van der Waals surface area contributed by atoms with Gasteiger partial charge in [-0.3, -0.25) is 0 Å². The molecule has 1 aromatic carbocycles. The first-order chi connectivity index (χ1) is 9.72. The van der Waals surface area contributed by atoms with Crippen LogP contribution in [0.3, 0.4) is 0 Å². The highest BCUT2D eigenvalue weighted by Gasteiger charge is 2.04. The van der Waals surface area contributed by atoms with Crippen molar-refractivity contribution in [3.63, 3.8) is 0 Å². The minimum atomic E-state index is 0.629. The number of nitrogens with zero attached hydrogens (tertiary/aromatic N) is 1. The fourth-order valence-electron chi connectivity index (χ4n) is 1.90. The van der Waals surface area contributed by atoms with Crippen LogP contribution < -0.4 is 14.8 Å². The smallest absolute Gasteiger partial charge is 0.213 e. The van der Waals surface area contributed by atoms with E-state index in [4.69, 9.17) is 9.47 Å². The second-order valence-electron chi connectivity index (χ2n) is 4.27. The summed E-state index contributed by atoms with van der Waals surface area (Å²) in [6.45, 7) is 1.47. The summed E-state index contributed by atoms with van der Waals surface area (Å²) in [4.78, 5) is 4.09. The average Bonchev–Trinajstić information content (AvgIpc) is 2.48. The number of ether oxygens (including phenoxy) is 2. The normalized spacial score (nSPS) is 10.3. The lowest BCUT2D eigenvalue weighted by Gasteiger charge is -2.10. The molecule has 0 unspecified atom stereocenters. The summed E-state index contributed by atoms with van der Waals surface area (Å²) in [5.41, 5.74) is 2.24. The van der Waals surface area contributed by atoms with E-state index in [2.05, 4.69) is 32.3 Å². The molecule has 0 atom stereocenters. The summed E-state index contributed by atoms with van der Waals surface area (Å²) in [6, 6.07) is 9.87. The Morgan fingerprint density at radius 3 is 2.70 bits per heavy atom. The molecule has 1 aromatic heterocycles. The molecule has 2 aromatic rings. The van der Waals surface area contributed by atoms with E-state index in [1.807, 2.05) is 24.3 Å². The molecular formula is C15H17BrN2O2. The van der Waals surface area contributed by atoms with E-state index in [1.165, 1.54) is 0 Å². The fourth-order valence-corrected chi connectivity index (χ4v) is 2.31. The van der Waals surface area contributed by atoms with Crippen molar-refractivity contribution < 1.29 is 9.47 Å². The van der Waals surface area contributed by atoms with Gasteiger partial charge in [-0.15, -0.1) is 0 Å². The summed E-state index contributed by atoms with van der Waals surface area (Å²) in [7, 11) is 3.30. The third kappa shape index (κ3) is 3.95. The van der Waals surface area contributed by atoms with Crippen molar-refractivity contribution in [3.05, 3.63) is 52.1 Å². The van der Waals surface area contributed by atoms with Crippen molar-refractivity contribution in [3.8, 4) is 11.6 Å². The molecule has 5 heteroatoms. The molecule has 0 bridgehead atoms. The fraction of sp³-hybridized carbons (Fsp3) is 0.267. The second kappa shape index (κ2) is 7.26. The van der Waals surface area contributed by atoms with Gasteiger partial charge >= 0.3 is 0 Å². The highest BCUT2D eigenvalue weighted by Crippen LogP contribution is 2.22. The molecule has 106 valence electrons. The lowest BCUT2D eigenvalue weighted by atomic mass is 10.2. The maximum atomic E-state index is 5.35. The largest absolute Gasteiger partial charge is 0.496 e. The molecule has 1 heterocycles. The van der Waals surface area contributed by atoms with Gasteiger partial charge in [-0.25, -0.2) is 4.98 Å². The van der Waals surface area contributed by atoms with Crippen molar-refractivity contribution in [2.45, 2.75) is 13.1 Å². The summed E-state index contributed by atoms with van der Waals surface area (Å²) < 4.78 is 11.5. The molecule has 1 N–H and O–H groups in total. The molecule has 0 fully saturated rings. The molecule has 0 saturated carbocycles. The van der Waals surface area contributed by atoms with Crippen LogP contribution in [0.4, 0.5) is 0 Å². The van der Waals surface area contributed by atoms with Gasteiger partial charge in [0.2, 0.25) is 5.88 Å². The summed E-state index contributed by atoms with van der Waals surface area (Å²) >= 11 is 3.47. The number of pyridine rings is 1. The van der Waals surface area contributed by atoms with E-state index >= 15 is 0 Å². The van der Waals surface area contributed by atoms with E-state index in [0.29, 0.717) is 5.88 Å². The highest BCUT2D eigenvalue weighted by atomic mass is 79.9. The molecule has 0 aliphatic heterocycles. The lowest BCUT2D eigenvalue weighted by molar-refractivity contribution is 0.397. The van der Waals surface area contributed by atoms with Gasteiger partial charge in [0.05, 0.1) is 14.2 Å². The van der Waals surface area contributed by atoms with Gasteiger partial charge in [-0.1, -0.05) is 15.9 Å². The quantitative estimate of drug-likeness (QED) is 0.879. The minimum Gasteiger partial charge on any atom is -0.496 e. The molecule has 2 rings (SSSR count). The number of hydrogen-bond acceptors (Lipinski definition) is 4. The van der Waals surface area contributed by atoms with Crippen molar-refractivity contribution in [1.29, 1.82) is 0 Å². The van der Waals surface area contributed by atoms with Gasteiger partial charge in [-0.05, 0) is 29.8 Å². The predicted molar refractivity (Wildman–Crippen MR) is 82.0 cm³/mol. The Hall–Kier alpha value is -1.59. The van der Waals surface area contributed by atoms with E-state index in [-0.39, 0.29) is 0 Å². The van der Waals surface area contributed by atoms with Crippen LogP contribution >= 0.6 is 15.9 Å². The van der Waals surface area contributed by atoms with Crippen LogP contribution in [0.25, 0.3) is 0 Å². The number of methoxy groups -OCH3 is 2. The molecule has 4 nitrogen and oxygen atoms in total. The van der Waals surface area contributed by atoms with E-state index in [1.54, 1.807) is 20.4 Å². The number of benzene rings is 1. The Balaban J connectivity index is 1.97. The Morgan fingerprint density at radius 2 is 1.95 bits per heavy atom. The summed E-state index contributed by atoms with van der Waals surface area (Å²) in [5.74, 6) is 1.51. The molecule has 0 radical (unpaired) electrons. The molecule has 0 saturated heterocycles. The molecular weight excluding hydrogens is 320 g/mol. The van der Waals surface area contributed by atoms with Crippen LogP contribution in [0.1, 0.15) is 11.1 Å². The standard InChI is InChI=1S/C15H17BrN2O2/c1-19-14-4-3-13(16)8-12(14)10-17-9-11-5-6-18-15(7-11)20-2/h3-8,17H,9-10H2,1-2H3. The minimum absolute atomic E-state index is 0.629. The zero-order chi connectivity index (χ0) is 14.4. The van der Waals surface area contributed by atoms with Gasteiger partial charge in [-0.2, -0.15) is 0 Å². The third-order valence-electron chi connectivity index (χ3n) is 2.90. The first-order valence-electron chi connectivity index (χ1n) is 6.25. The van der Waals surface area contributed by atoms with E-state index in [0.717, 1.165) is 34.4 Å².